The number of carbonyl (C=O) groups is 1. The smallest absolute Gasteiger partial charge is 0.134 e. The van der Waals surface area contributed by atoms with Crippen LogP contribution < -0.4 is 19.7 Å². The van der Waals surface area contributed by atoms with Gasteiger partial charge in [0.05, 0.1) is 18.8 Å². The molecule has 2 heterocycles. The standard InChI is InChI=1S/C23H26N2O3/c26-17-18-10-14-28-23-15-21(8-9-22(18)23)27-13-4-7-20-16-24-11-12-25(20)19-5-2-1-3-6-19/h1-3,5-6,8-10,14-15,17-18,20,24H,4,7,11-13,16H2. The molecule has 2 aliphatic rings. The van der Waals surface area contributed by atoms with Gasteiger partial charge in [0.15, 0.2) is 0 Å². The highest BCUT2D eigenvalue weighted by molar-refractivity contribution is 5.69. The van der Waals surface area contributed by atoms with Crippen molar-refractivity contribution in [3.8, 4) is 11.5 Å². The molecular formula is C23H26N2O3. The fraction of sp³-hybridized carbons (Fsp3) is 0.348. The Balaban J connectivity index is 1.30. The van der Waals surface area contributed by atoms with Crippen LogP contribution in [0.2, 0.25) is 0 Å². The molecule has 1 N–H and O–H groups in total. The summed E-state index contributed by atoms with van der Waals surface area (Å²) in [4.78, 5) is 13.6. The third-order valence-corrected chi connectivity index (χ3v) is 5.36. The van der Waals surface area contributed by atoms with E-state index in [-0.39, 0.29) is 5.92 Å². The second kappa shape index (κ2) is 8.93. The van der Waals surface area contributed by atoms with E-state index >= 15 is 0 Å². The molecule has 0 aliphatic carbocycles. The van der Waals surface area contributed by atoms with Crippen LogP contribution in [0.15, 0.2) is 60.9 Å². The number of carbonyl (C=O) groups excluding carboxylic acids is 1. The van der Waals surface area contributed by atoms with E-state index in [2.05, 4.69) is 40.5 Å². The number of fused-ring (bicyclic) bond motifs is 1. The van der Waals surface area contributed by atoms with Crippen molar-refractivity contribution in [2.75, 3.05) is 31.1 Å². The molecule has 0 bridgehead atoms. The van der Waals surface area contributed by atoms with Crippen molar-refractivity contribution < 1.29 is 14.3 Å². The van der Waals surface area contributed by atoms with Gasteiger partial charge in [0.2, 0.25) is 0 Å². The van der Waals surface area contributed by atoms with Gasteiger partial charge >= 0.3 is 0 Å². The first kappa shape index (κ1) is 18.6. The maximum atomic E-state index is 11.2. The Morgan fingerprint density at radius 2 is 2.11 bits per heavy atom. The average Bonchev–Trinajstić information content (AvgIpc) is 2.77. The predicted molar refractivity (Wildman–Crippen MR) is 110 cm³/mol. The number of ether oxygens (including phenoxy) is 2. The van der Waals surface area contributed by atoms with Crippen LogP contribution in [-0.2, 0) is 4.79 Å². The van der Waals surface area contributed by atoms with Crippen LogP contribution in [0.1, 0.15) is 24.3 Å². The Labute approximate surface area is 165 Å². The van der Waals surface area contributed by atoms with Gasteiger partial charge in [0.25, 0.3) is 0 Å². The minimum atomic E-state index is -0.236. The van der Waals surface area contributed by atoms with Crippen LogP contribution in [0.3, 0.4) is 0 Å². The molecule has 4 rings (SSSR count). The Bertz CT molecular complexity index is 822. The van der Waals surface area contributed by atoms with Gasteiger partial charge in [0, 0.05) is 43.0 Å². The average molecular weight is 378 g/mol. The van der Waals surface area contributed by atoms with E-state index in [1.165, 1.54) is 5.69 Å². The zero-order valence-corrected chi connectivity index (χ0v) is 15.9. The summed E-state index contributed by atoms with van der Waals surface area (Å²) in [6, 6.07) is 16.8. The van der Waals surface area contributed by atoms with E-state index in [4.69, 9.17) is 9.47 Å². The van der Waals surface area contributed by atoms with Crippen LogP contribution in [0.25, 0.3) is 0 Å². The van der Waals surface area contributed by atoms with Crippen molar-refractivity contribution in [3.05, 3.63) is 66.4 Å². The first-order valence-corrected chi connectivity index (χ1v) is 9.93. The van der Waals surface area contributed by atoms with Crippen molar-refractivity contribution in [2.24, 2.45) is 0 Å². The van der Waals surface area contributed by atoms with Crippen molar-refractivity contribution in [3.63, 3.8) is 0 Å². The highest BCUT2D eigenvalue weighted by atomic mass is 16.5. The number of benzene rings is 2. The molecule has 0 radical (unpaired) electrons. The van der Waals surface area contributed by atoms with Crippen LogP contribution in [0, 0.1) is 0 Å². The topological polar surface area (TPSA) is 50.8 Å². The molecule has 1 saturated heterocycles. The molecule has 5 heteroatoms. The molecule has 0 saturated carbocycles. The lowest BCUT2D eigenvalue weighted by atomic mass is 9.98. The summed E-state index contributed by atoms with van der Waals surface area (Å²) >= 11 is 0. The molecule has 2 atom stereocenters. The molecular weight excluding hydrogens is 352 g/mol. The molecule has 5 nitrogen and oxygen atoms in total. The summed E-state index contributed by atoms with van der Waals surface area (Å²) in [6.45, 7) is 3.71. The molecule has 2 aromatic rings. The van der Waals surface area contributed by atoms with E-state index in [1.807, 2.05) is 18.2 Å². The molecule has 0 spiro atoms. The monoisotopic (exact) mass is 378 g/mol. The van der Waals surface area contributed by atoms with Crippen molar-refractivity contribution >= 4 is 12.0 Å². The Kier molecular flexibility index (Phi) is 5.92. The van der Waals surface area contributed by atoms with E-state index in [0.717, 1.165) is 50.1 Å². The number of anilines is 1. The third kappa shape index (κ3) is 4.20. The zero-order valence-electron chi connectivity index (χ0n) is 15.9. The number of nitrogens with one attached hydrogen (secondary N) is 1. The fourth-order valence-corrected chi connectivity index (χ4v) is 3.89. The van der Waals surface area contributed by atoms with Gasteiger partial charge in [-0.15, -0.1) is 0 Å². The SMILES string of the molecule is O=CC1C=COc2cc(OCCCC3CNCCN3c3ccccc3)ccc21. The highest BCUT2D eigenvalue weighted by Crippen LogP contribution is 2.33. The van der Waals surface area contributed by atoms with Gasteiger partial charge in [-0.25, -0.2) is 0 Å². The number of piperazine rings is 1. The maximum Gasteiger partial charge on any atom is 0.134 e. The molecule has 146 valence electrons. The quantitative estimate of drug-likeness (QED) is 0.590. The summed E-state index contributed by atoms with van der Waals surface area (Å²) in [7, 11) is 0. The molecule has 2 unspecified atom stereocenters. The first-order chi connectivity index (χ1) is 13.8. The molecule has 2 aromatic carbocycles. The molecule has 0 aromatic heterocycles. The second-order valence-corrected chi connectivity index (χ2v) is 7.19. The summed E-state index contributed by atoms with van der Waals surface area (Å²) < 4.78 is 11.5. The molecule has 0 amide bonds. The fourth-order valence-electron chi connectivity index (χ4n) is 3.89. The van der Waals surface area contributed by atoms with Crippen LogP contribution in [0.5, 0.6) is 11.5 Å². The van der Waals surface area contributed by atoms with Gasteiger partial charge in [-0.05, 0) is 37.1 Å². The van der Waals surface area contributed by atoms with E-state index < -0.39 is 0 Å². The van der Waals surface area contributed by atoms with Crippen LogP contribution in [0.4, 0.5) is 5.69 Å². The summed E-state index contributed by atoms with van der Waals surface area (Å²) in [5, 5.41) is 3.50. The molecule has 28 heavy (non-hydrogen) atoms. The Hall–Kier alpha value is -2.79. The van der Waals surface area contributed by atoms with Gasteiger partial charge in [-0.3, -0.25) is 0 Å². The van der Waals surface area contributed by atoms with Gasteiger partial charge in [0.1, 0.15) is 17.8 Å². The first-order valence-electron chi connectivity index (χ1n) is 9.93. The molecule has 1 fully saturated rings. The lowest BCUT2D eigenvalue weighted by Gasteiger charge is -2.38. The van der Waals surface area contributed by atoms with Crippen LogP contribution >= 0.6 is 0 Å². The molecule has 2 aliphatic heterocycles. The van der Waals surface area contributed by atoms with E-state index in [9.17, 15) is 4.79 Å². The summed E-state index contributed by atoms with van der Waals surface area (Å²) in [6.07, 6.45) is 6.30. The number of hydrogen-bond donors (Lipinski definition) is 1. The predicted octanol–water partition coefficient (Wildman–Crippen LogP) is 3.51. The van der Waals surface area contributed by atoms with Crippen LogP contribution in [-0.4, -0.2) is 38.6 Å². The zero-order chi connectivity index (χ0) is 19.2. The van der Waals surface area contributed by atoms with E-state index in [0.29, 0.717) is 18.4 Å². The number of allylic oxidation sites excluding steroid dienone is 1. The second-order valence-electron chi connectivity index (χ2n) is 7.19. The third-order valence-electron chi connectivity index (χ3n) is 5.36. The van der Waals surface area contributed by atoms with Crippen molar-refractivity contribution in [1.82, 2.24) is 5.32 Å². The number of nitrogens with zero attached hydrogens (tertiary/aromatic N) is 1. The van der Waals surface area contributed by atoms with Gasteiger partial charge < -0.3 is 24.5 Å². The van der Waals surface area contributed by atoms with Gasteiger partial charge in [-0.2, -0.15) is 0 Å². The lowest BCUT2D eigenvalue weighted by Crippen LogP contribution is -2.51. The Morgan fingerprint density at radius 1 is 1.21 bits per heavy atom. The number of rotatable bonds is 7. The normalized spacial score (nSPS) is 20.9. The largest absolute Gasteiger partial charge is 0.493 e. The highest BCUT2D eigenvalue weighted by Gasteiger charge is 2.22. The maximum absolute atomic E-state index is 11.2. The minimum Gasteiger partial charge on any atom is -0.493 e. The summed E-state index contributed by atoms with van der Waals surface area (Å²) in [5.41, 5.74) is 2.18. The minimum absolute atomic E-state index is 0.236. The lowest BCUT2D eigenvalue weighted by molar-refractivity contribution is -0.108. The number of aldehydes is 1. The number of hydrogen-bond acceptors (Lipinski definition) is 5. The van der Waals surface area contributed by atoms with Gasteiger partial charge in [-0.1, -0.05) is 24.3 Å². The van der Waals surface area contributed by atoms with E-state index in [1.54, 1.807) is 12.3 Å². The number of para-hydroxylation sites is 1. The van der Waals surface area contributed by atoms with Crippen molar-refractivity contribution in [2.45, 2.75) is 24.8 Å². The Morgan fingerprint density at radius 3 is 2.96 bits per heavy atom. The van der Waals surface area contributed by atoms with Crippen molar-refractivity contribution in [1.29, 1.82) is 0 Å². The summed E-state index contributed by atoms with van der Waals surface area (Å²) in [5.74, 6) is 1.24.